The van der Waals surface area contributed by atoms with Crippen molar-refractivity contribution in [2.24, 2.45) is 11.8 Å². The van der Waals surface area contributed by atoms with Gasteiger partial charge in [0.1, 0.15) is 5.82 Å². The molecule has 0 N–H and O–H groups in total. The normalized spacial score (nSPS) is 25.1. The van der Waals surface area contributed by atoms with Gasteiger partial charge in [-0.05, 0) is 97.8 Å². The summed E-state index contributed by atoms with van der Waals surface area (Å²) >= 11 is 0. The van der Waals surface area contributed by atoms with E-state index in [9.17, 15) is 13.2 Å². The quantitative estimate of drug-likeness (QED) is 0.315. The van der Waals surface area contributed by atoms with Crippen LogP contribution < -0.4 is 0 Å². The van der Waals surface area contributed by atoms with Crippen molar-refractivity contribution in [1.82, 2.24) is 0 Å². The fourth-order valence-electron chi connectivity index (χ4n) is 6.41. The topological polar surface area (TPSA) is 9.23 Å². The number of hydrogen-bond acceptors (Lipinski definition) is 1. The van der Waals surface area contributed by atoms with Gasteiger partial charge in [0, 0.05) is 5.56 Å². The first-order valence-electron chi connectivity index (χ1n) is 14.3. The molecular formula is C32H43F3O. The molecule has 2 fully saturated rings. The minimum atomic E-state index is -3.34. The maximum Gasteiger partial charge on any atom is 0.360 e. The summed E-state index contributed by atoms with van der Waals surface area (Å²) in [5.74, 6) is 2.09. The van der Waals surface area contributed by atoms with Gasteiger partial charge < -0.3 is 4.74 Å². The maximum atomic E-state index is 14.7. The van der Waals surface area contributed by atoms with Crippen molar-refractivity contribution < 1.29 is 17.9 Å². The Labute approximate surface area is 215 Å². The lowest BCUT2D eigenvalue weighted by Gasteiger charge is -2.28. The van der Waals surface area contributed by atoms with Gasteiger partial charge in [-0.15, -0.1) is 0 Å². The molecule has 2 aromatic carbocycles. The van der Waals surface area contributed by atoms with Gasteiger partial charge in [-0.25, -0.2) is 4.39 Å². The van der Waals surface area contributed by atoms with Crippen LogP contribution in [0.15, 0.2) is 42.5 Å². The lowest BCUT2D eigenvalue weighted by molar-refractivity contribution is -0.244. The summed E-state index contributed by atoms with van der Waals surface area (Å²) in [6.07, 6.45) is 9.31. The lowest BCUT2D eigenvalue weighted by atomic mass is 9.77. The average Bonchev–Trinajstić information content (AvgIpc) is 2.89. The van der Waals surface area contributed by atoms with Crippen LogP contribution in [0.5, 0.6) is 0 Å². The highest BCUT2D eigenvalue weighted by molar-refractivity contribution is 5.28. The molecule has 0 saturated heterocycles. The van der Waals surface area contributed by atoms with Crippen molar-refractivity contribution in [3.05, 3.63) is 70.5 Å². The van der Waals surface area contributed by atoms with Crippen LogP contribution in [-0.2, 0) is 17.8 Å². The van der Waals surface area contributed by atoms with Crippen LogP contribution in [-0.4, -0.2) is 6.11 Å². The molecule has 0 aliphatic heterocycles. The first-order valence-corrected chi connectivity index (χ1v) is 14.3. The second kappa shape index (κ2) is 12.6. The van der Waals surface area contributed by atoms with Crippen molar-refractivity contribution in [3.63, 3.8) is 0 Å². The van der Waals surface area contributed by atoms with E-state index in [0.717, 1.165) is 30.2 Å². The Morgan fingerprint density at radius 2 is 1.36 bits per heavy atom. The fraction of sp³-hybridized carbons (Fsp3) is 0.625. The lowest BCUT2D eigenvalue weighted by Crippen LogP contribution is -2.24. The summed E-state index contributed by atoms with van der Waals surface area (Å²) in [5.41, 5.74) is 2.97. The third-order valence-electron chi connectivity index (χ3n) is 8.82. The first kappa shape index (κ1) is 27.2. The second-order valence-corrected chi connectivity index (χ2v) is 11.3. The number of halogens is 3. The Morgan fingerprint density at radius 3 is 1.94 bits per heavy atom. The van der Waals surface area contributed by atoms with Crippen molar-refractivity contribution >= 4 is 0 Å². The van der Waals surface area contributed by atoms with E-state index in [-0.39, 0.29) is 5.56 Å². The Morgan fingerprint density at radius 1 is 0.778 bits per heavy atom. The number of alkyl halides is 2. The molecule has 0 amide bonds. The molecule has 36 heavy (non-hydrogen) atoms. The van der Waals surface area contributed by atoms with Crippen molar-refractivity contribution in [3.8, 4) is 0 Å². The number of rotatable bonds is 10. The largest absolute Gasteiger partial charge is 0.360 e. The molecule has 2 saturated carbocycles. The molecule has 2 aliphatic rings. The van der Waals surface area contributed by atoms with Crippen LogP contribution in [0.3, 0.4) is 0 Å². The van der Waals surface area contributed by atoms with E-state index >= 15 is 0 Å². The van der Waals surface area contributed by atoms with Crippen LogP contribution in [0.4, 0.5) is 13.2 Å². The van der Waals surface area contributed by atoms with Gasteiger partial charge in [0.05, 0.1) is 13.0 Å². The van der Waals surface area contributed by atoms with E-state index in [1.54, 1.807) is 18.2 Å². The molecule has 0 unspecified atom stereocenters. The monoisotopic (exact) mass is 500 g/mol. The van der Waals surface area contributed by atoms with E-state index in [2.05, 4.69) is 13.8 Å². The highest BCUT2D eigenvalue weighted by Crippen LogP contribution is 2.39. The Balaban J connectivity index is 1.27. The molecule has 0 atom stereocenters. The summed E-state index contributed by atoms with van der Waals surface area (Å²) in [4.78, 5) is 0. The molecule has 2 aromatic rings. The zero-order chi connectivity index (χ0) is 25.5. The smallest absolute Gasteiger partial charge is 0.315 e. The highest BCUT2D eigenvalue weighted by atomic mass is 19.3. The number of ether oxygens (including phenoxy) is 1. The maximum absolute atomic E-state index is 14.7. The molecule has 4 rings (SSSR count). The van der Waals surface area contributed by atoms with E-state index in [1.165, 1.54) is 69.4 Å². The minimum absolute atomic E-state index is 0.191. The summed E-state index contributed by atoms with van der Waals surface area (Å²) in [6.45, 7) is 4.05. The molecule has 0 bridgehead atoms. The van der Waals surface area contributed by atoms with Crippen LogP contribution in [0.25, 0.3) is 0 Å². The van der Waals surface area contributed by atoms with Gasteiger partial charge in [0.15, 0.2) is 0 Å². The van der Waals surface area contributed by atoms with Gasteiger partial charge in [0.2, 0.25) is 0 Å². The molecule has 1 nitrogen and oxygen atoms in total. The highest BCUT2D eigenvalue weighted by Gasteiger charge is 2.31. The summed E-state index contributed by atoms with van der Waals surface area (Å²) < 4.78 is 48.8. The van der Waals surface area contributed by atoms with Gasteiger partial charge in [-0.2, -0.15) is 8.78 Å². The predicted molar refractivity (Wildman–Crippen MR) is 141 cm³/mol. The molecule has 0 heterocycles. The summed E-state index contributed by atoms with van der Waals surface area (Å²) in [5, 5.41) is 0. The minimum Gasteiger partial charge on any atom is -0.315 e. The predicted octanol–water partition coefficient (Wildman–Crippen LogP) is 9.94. The summed E-state index contributed by atoms with van der Waals surface area (Å²) in [6, 6.07) is 12.6. The molecule has 198 valence electrons. The van der Waals surface area contributed by atoms with Gasteiger partial charge in [-0.1, -0.05) is 69.5 Å². The van der Waals surface area contributed by atoms with Crippen molar-refractivity contribution in [1.29, 1.82) is 0 Å². The average molecular weight is 501 g/mol. The Hall–Kier alpha value is -1.81. The molecule has 0 aromatic heterocycles. The molecule has 0 radical (unpaired) electrons. The zero-order valence-corrected chi connectivity index (χ0v) is 22.1. The van der Waals surface area contributed by atoms with E-state index in [0.29, 0.717) is 17.4 Å². The number of benzene rings is 2. The molecular weight excluding hydrogens is 457 g/mol. The molecule has 2 aliphatic carbocycles. The van der Waals surface area contributed by atoms with E-state index in [1.807, 2.05) is 18.2 Å². The van der Waals surface area contributed by atoms with Gasteiger partial charge in [0.25, 0.3) is 0 Å². The SMILES string of the molecule is CCCC1CCC(c2ccc(COC(F)(F)Cc3ccc(C4CCC(CC)CC4)cc3)c(F)c2)CC1. The van der Waals surface area contributed by atoms with Gasteiger partial charge >= 0.3 is 6.11 Å². The number of hydrogen-bond donors (Lipinski definition) is 0. The van der Waals surface area contributed by atoms with Gasteiger partial charge in [-0.3, -0.25) is 0 Å². The second-order valence-electron chi connectivity index (χ2n) is 11.3. The van der Waals surface area contributed by atoms with Crippen LogP contribution >= 0.6 is 0 Å². The fourth-order valence-corrected chi connectivity index (χ4v) is 6.41. The molecule has 0 spiro atoms. The van der Waals surface area contributed by atoms with Crippen molar-refractivity contribution in [2.45, 2.75) is 115 Å². The van der Waals surface area contributed by atoms with Crippen LogP contribution in [0.1, 0.15) is 119 Å². The van der Waals surface area contributed by atoms with Crippen LogP contribution in [0, 0.1) is 17.7 Å². The molecule has 4 heteroatoms. The Bertz CT molecular complexity index is 938. The third kappa shape index (κ3) is 7.37. The Kier molecular flexibility index (Phi) is 9.55. The summed E-state index contributed by atoms with van der Waals surface area (Å²) in [7, 11) is 0. The third-order valence-corrected chi connectivity index (χ3v) is 8.82. The van der Waals surface area contributed by atoms with E-state index in [4.69, 9.17) is 4.74 Å². The first-order chi connectivity index (χ1) is 17.4. The standard InChI is InChI=1S/C32H43F3O/c1-3-5-24-8-14-28(15-9-24)29-18-19-30(31(33)20-29)22-36-32(34,35)21-25-10-16-27(17-11-25)26-12-6-23(4-2)7-13-26/h10-11,16-20,23-24,26,28H,3-9,12-15,21-22H2,1-2H3. The van der Waals surface area contributed by atoms with Crippen LogP contribution in [0.2, 0.25) is 0 Å². The van der Waals surface area contributed by atoms with Crippen molar-refractivity contribution in [2.75, 3.05) is 0 Å². The zero-order valence-electron chi connectivity index (χ0n) is 22.1. The van der Waals surface area contributed by atoms with E-state index < -0.39 is 25.0 Å².